The van der Waals surface area contributed by atoms with Crippen LogP contribution in [0.2, 0.25) is 0 Å². The van der Waals surface area contributed by atoms with Gasteiger partial charge in [0.1, 0.15) is 5.41 Å². The maximum atomic E-state index is 11.8. The Morgan fingerprint density at radius 3 is 2.53 bits per heavy atom. The van der Waals surface area contributed by atoms with Gasteiger partial charge in [0.2, 0.25) is 0 Å². The summed E-state index contributed by atoms with van der Waals surface area (Å²) < 4.78 is 15.8. The zero-order chi connectivity index (χ0) is 13.5. The van der Waals surface area contributed by atoms with E-state index in [2.05, 4.69) is 4.74 Å². The van der Waals surface area contributed by atoms with Crippen LogP contribution in [0.5, 0.6) is 11.5 Å². The van der Waals surface area contributed by atoms with Crippen molar-refractivity contribution in [2.24, 2.45) is 0 Å². The number of cyclic esters (lactones) is 2. The molecule has 19 heavy (non-hydrogen) atoms. The highest BCUT2D eigenvalue weighted by Gasteiger charge is 2.47. The summed E-state index contributed by atoms with van der Waals surface area (Å²) in [4.78, 5) is 23.1. The standard InChI is InChI=1S/C14H14O5/c1-14(8-12(15)19-13(14)16)9-3-4-10-11(7-9)18-6-2-5-17-10/h3-4,7H,2,5-6,8H2,1H3. The third-order valence-corrected chi connectivity index (χ3v) is 3.54. The van der Waals surface area contributed by atoms with E-state index in [4.69, 9.17) is 9.47 Å². The number of benzene rings is 1. The van der Waals surface area contributed by atoms with Gasteiger partial charge < -0.3 is 14.2 Å². The molecule has 2 aliphatic rings. The first-order chi connectivity index (χ1) is 9.09. The fourth-order valence-corrected chi connectivity index (χ4v) is 2.34. The molecule has 0 bridgehead atoms. The third kappa shape index (κ3) is 1.95. The van der Waals surface area contributed by atoms with Crippen molar-refractivity contribution in [3.05, 3.63) is 23.8 Å². The van der Waals surface area contributed by atoms with Gasteiger partial charge in [0.25, 0.3) is 0 Å². The van der Waals surface area contributed by atoms with Gasteiger partial charge in [-0.1, -0.05) is 6.07 Å². The topological polar surface area (TPSA) is 61.8 Å². The van der Waals surface area contributed by atoms with Gasteiger partial charge in [-0.2, -0.15) is 0 Å². The van der Waals surface area contributed by atoms with E-state index in [1.807, 2.05) is 0 Å². The normalized spacial score (nSPS) is 25.9. The van der Waals surface area contributed by atoms with Gasteiger partial charge in [-0.15, -0.1) is 0 Å². The van der Waals surface area contributed by atoms with Gasteiger partial charge in [-0.25, -0.2) is 0 Å². The molecule has 1 unspecified atom stereocenters. The summed E-state index contributed by atoms with van der Waals surface area (Å²) in [6, 6.07) is 5.32. The number of carbonyl (C=O) groups is 2. The minimum Gasteiger partial charge on any atom is -0.490 e. The first kappa shape index (κ1) is 12.0. The Balaban J connectivity index is 2.00. The Morgan fingerprint density at radius 2 is 1.84 bits per heavy atom. The second-order valence-corrected chi connectivity index (χ2v) is 4.98. The summed E-state index contributed by atoms with van der Waals surface area (Å²) in [6.45, 7) is 2.90. The molecule has 0 N–H and O–H groups in total. The lowest BCUT2D eigenvalue weighted by molar-refractivity contribution is -0.153. The van der Waals surface area contributed by atoms with E-state index < -0.39 is 17.4 Å². The maximum Gasteiger partial charge on any atom is 0.324 e. The summed E-state index contributed by atoms with van der Waals surface area (Å²) in [5.41, 5.74) is -0.213. The van der Waals surface area contributed by atoms with Crippen LogP contribution < -0.4 is 9.47 Å². The lowest BCUT2D eigenvalue weighted by Crippen LogP contribution is -2.27. The van der Waals surface area contributed by atoms with Crippen LogP contribution in [0.25, 0.3) is 0 Å². The Kier molecular flexibility index (Phi) is 2.69. The molecule has 1 saturated heterocycles. The summed E-state index contributed by atoms with van der Waals surface area (Å²) in [5, 5.41) is 0. The fraction of sp³-hybridized carbons (Fsp3) is 0.429. The molecule has 0 spiro atoms. The smallest absolute Gasteiger partial charge is 0.324 e. The molecule has 0 saturated carbocycles. The maximum absolute atomic E-state index is 11.8. The quantitative estimate of drug-likeness (QED) is 0.568. The first-order valence-electron chi connectivity index (χ1n) is 6.25. The molecule has 5 nitrogen and oxygen atoms in total. The van der Waals surface area contributed by atoms with Crippen molar-refractivity contribution in [3.63, 3.8) is 0 Å². The van der Waals surface area contributed by atoms with Crippen LogP contribution in [0.1, 0.15) is 25.3 Å². The van der Waals surface area contributed by atoms with Crippen LogP contribution in [0.15, 0.2) is 18.2 Å². The van der Waals surface area contributed by atoms with E-state index in [0.717, 1.165) is 6.42 Å². The van der Waals surface area contributed by atoms with Crippen LogP contribution in [0.4, 0.5) is 0 Å². The molecule has 1 atom stereocenters. The highest BCUT2D eigenvalue weighted by molar-refractivity contribution is 6.00. The van der Waals surface area contributed by atoms with Crippen molar-refractivity contribution in [2.75, 3.05) is 13.2 Å². The molecule has 1 fully saturated rings. The van der Waals surface area contributed by atoms with E-state index in [-0.39, 0.29) is 6.42 Å². The molecule has 0 aromatic heterocycles. The number of fused-ring (bicyclic) bond motifs is 1. The van der Waals surface area contributed by atoms with Gasteiger partial charge in [-0.3, -0.25) is 9.59 Å². The van der Waals surface area contributed by atoms with Crippen molar-refractivity contribution in [1.29, 1.82) is 0 Å². The van der Waals surface area contributed by atoms with Crippen molar-refractivity contribution >= 4 is 11.9 Å². The molecule has 1 aromatic carbocycles. The Bertz CT molecular complexity index is 551. The monoisotopic (exact) mass is 262 g/mol. The van der Waals surface area contributed by atoms with E-state index in [0.29, 0.717) is 30.3 Å². The lowest BCUT2D eigenvalue weighted by atomic mass is 9.81. The van der Waals surface area contributed by atoms with Crippen molar-refractivity contribution in [1.82, 2.24) is 0 Å². The zero-order valence-corrected chi connectivity index (χ0v) is 10.6. The Morgan fingerprint density at radius 1 is 1.11 bits per heavy atom. The molecule has 0 amide bonds. The number of rotatable bonds is 1. The molecule has 0 aliphatic carbocycles. The summed E-state index contributed by atoms with van der Waals surface area (Å²) >= 11 is 0. The van der Waals surface area contributed by atoms with Crippen molar-refractivity contribution in [3.8, 4) is 11.5 Å². The highest BCUT2D eigenvalue weighted by atomic mass is 16.6. The molecular weight excluding hydrogens is 248 g/mol. The van der Waals surface area contributed by atoms with E-state index in [9.17, 15) is 9.59 Å². The van der Waals surface area contributed by atoms with E-state index in [1.165, 1.54) is 0 Å². The van der Waals surface area contributed by atoms with Crippen molar-refractivity contribution < 1.29 is 23.8 Å². The zero-order valence-electron chi connectivity index (χ0n) is 10.6. The molecular formula is C14H14O5. The molecule has 2 heterocycles. The summed E-state index contributed by atoms with van der Waals surface area (Å²) in [5.74, 6) is 0.289. The van der Waals surface area contributed by atoms with Gasteiger partial charge in [0.05, 0.1) is 19.6 Å². The van der Waals surface area contributed by atoms with Crippen LogP contribution >= 0.6 is 0 Å². The molecule has 0 radical (unpaired) electrons. The van der Waals surface area contributed by atoms with Gasteiger partial charge in [0, 0.05) is 6.42 Å². The van der Waals surface area contributed by atoms with Gasteiger partial charge in [0.15, 0.2) is 11.5 Å². The third-order valence-electron chi connectivity index (χ3n) is 3.54. The number of esters is 2. The minimum atomic E-state index is -0.929. The Hall–Kier alpha value is -2.04. The fourth-order valence-electron chi connectivity index (χ4n) is 2.34. The second kappa shape index (κ2) is 4.26. The van der Waals surface area contributed by atoms with Crippen molar-refractivity contribution in [2.45, 2.75) is 25.2 Å². The minimum absolute atomic E-state index is 0.0610. The summed E-state index contributed by atoms with van der Waals surface area (Å²) in [7, 11) is 0. The molecule has 1 aromatic rings. The van der Waals surface area contributed by atoms with Gasteiger partial charge in [-0.05, 0) is 24.6 Å². The molecule has 5 heteroatoms. The molecule has 100 valence electrons. The highest BCUT2D eigenvalue weighted by Crippen LogP contribution is 2.39. The average Bonchev–Trinajstić information content (AvgIpc) is 2.57. The summed E-state index contributed by atoms with van der Waals surface area (Å²) in [6.07, 6.45) is 0.882. The number of hydrogen-bond donors (Lipinski definition) is 0. The predicted molar refractivity (Wildman–Crippen MR) is 65.1 cm³/mol. The number of ether oxygens (including phenoxy) is 3. The first-order valence-corrected chi connectivity index (χ1v) is 6.25. The number of carbonyl (C=O) groups excluding carboxylic acids is 2. The predicted octanol–water partition coefficient (Wildman–Crippen LogP) is 1.58. The lowest BCUT2D eigenvalue weighted by Gasteiger charge is -2.19. The Labute approximate surface area is 110 Å². The SMILES string of the molecule is CC1(c2ccc3c(c2)OCCCO3)CC(=O)OC1=O. The van der Waals surface area contributed by atoms with E-state index >= 15 is 0 Å². The number of hydrogen-bond acceptors (Lipinski definition) is 5. The van der Waals surface area contributed by atoms with Crippen LogP contribution in [-0.4, -0.2) is 25.2 Å². The van der Waals surface area contributed by atoms with Crippen LogP contribution in [-0.2, 0) is 19.7 Å². The van der Waals surface area contributed by atoms with Crippen LogP contribution in [0, 0.1) is 0 Å². The molecule has 3 rings (SSSR count). The van der Waals surface area contributed by atoms with Gasteiger partial charge >= 0.3 is 11.9 Å². The largest absolute Gasteiger partial charge is 0.490 e. The van der Waals surface area contributed by atoms with Crippen LogP contribution in [0.3, 0.4) is 0 Å². The second-order valence-electron chi connectivity index (χ2n) is 4.98. The molecule has 2 aliphatic heterocycles. The van der Waals surface area contributed by atoms with E-state index in [1.54, 1.807) is 25.1 Å². The average molecular weight is 262 g/mol.